The molecule has 1 fully saturated rings. The van der Waals surface area contributed by atoms with Gasteiger partial charge in [-0.05, 0) is 72.5 Å². The van der Waals surface area contributed by atoms with E-state index in [9.17, 15) is 33.9 Å². The predicted octanol–water partition coefficient (Wildman–Crippen LogP) is 10.5. The molecule has 0 bridgehead atoms. The lowest BCUT2D eigenvalue weighted by molar-refractivity contribution is -0.127. The van der Waals surface area contributed by atoms with E-state index < -0.39 is 23.8 Å². The molecule has 2 N–H and O–H groups in total. The van der Waals surface area contributed by atoms with Crippen LogP contribution in [-0.2, 0) is 9.59 Å². The summed E-state index contributed by atoms with van der Waals surface area (Å²) in [6, 6.07) is 50.9. The standard InChI is InChI=1S/C26H22O4.C15H12O.C11H10O3/c1-16(27)21-22(18-12-14-20(15-13-18)26(29)30)23(17-8-4-2-5-9-17)24(21)25(28)19-10-6-3-7-11-19;16-15(14-9-5-2-6-10-14)12-11-13-7-3-1-4-8-13;1-8(12)2-3-9-4-6-10(7-5-9)11(13)14/h2-15,21-24H,1H3,(H,29,30);1-12H;2-7H,1H3,(H,13,14)/b;12-11+;3-2+. The van der Waals surface area contributed by atoms with Gasteiger partial charge in [0.15, 0.2) is 17.3 Å². The summed E-state index contributed by atoms with van der Waals surface area (Å²) in [5, 5.41) is 17.8. The first-order chi connectivity index (χ1) is 28.9. The monoisotopic (exact) mass is 796 g/mol. The van der Waals surface area contributed by atoms with Gasteiger partial charge in [-0.15, -0.1) is 0 Å². The highest BCUT2D eigenvalue weighted by Crippen LogP contribution is 2.59. The molecule has 0 aliphatic heterocycles. The lowest BCUT2D eigenvalue weighted by atomic mass is 9.50. The summed E-state index contributed by atoms with van der Waals surface area (Å²) >= 11 is 0. The number of carbonyl (C=O) groups excluding carboxylic acids is 4. The molecule has 8 nitrogen and oxygen atoms in total. The number of carboxylic acids is 2. The first-order valence-electron chi connectivity index (χ1n) is 19.3. The smallest absolute Gasteiger partial charge is 0.335 e. The lowest BCUT2D eigenvalue weighted by Gasteiger charge is -2.51. The molecule has 300 valence electrons. The van der Waals surface area contributed by atoms with Crippen molar-refractivity contribution in [3.63, 3.8) is 0 Å². The number of aromatic carboxylic acids is 2. The summed E-state index contributed by atoms with van der Waals surface area (Å²) in [6.07, 6.45) is 6.52. The summed E-state index contributed by atoms with van der Waals surface area (Å²) in [6.45, 7) is 3.00. The van der Waals surface area contributed by atoms with E-state index in [0.717, 1.165) is 27.8 Å². The molecule has 1 saturated carbocycles. The normalized spacial score (nSPS) is 16.6. The van der Waals surface area contributed by atoms with Crippen LogP contribution in [0.4, 0.5) is 0 Å². The van der Waals surface area contributed by atoms with Crippen LogP contribution in [0.3, 0.4) is 0 Å². The number of allylic oxidation sites excluding steroid dienone is 2. The molecule has 60 heavy (non-hydrogen) atoms. The number of hydrogen-bond acceptors (Lipinski definition) is 6. The predicted molar refractivity (Wildman–Crippen MR) is 233 cm³/mol. The van der Waals surface area contributed by atoms with Gasteiger partial charge < -0.3 is 10.2 Å². The molecule has 0 heterocycles. The topological polar surface area (TPSA) is 143 Å². The number of ketones is 4. The van der Waals surface area contributed by atoms with Crippen LogP contribution in [0.15, 0.2) is 182 Å². The summed E-state index contributed by atoms with van der Waals surface area (Å²) in [7, 11) is 0. The third kappa shape index (κ3) is 11.7. The van der Waals surface area contributed by atoms with Gasteiger partial charge >= 0.3 is 11.9 Å². The summed E-state index contributed by atoms with van der Waals surface area (Å²) in [5.74, 6) is -3.21. The van der Waals surface area contributed by atoms with E-state index >= 15 is 0 Å². The molecular weight excluding hydrogens is 753 g/mol. The van der Waals surface area contributed by atoms with Crippen LogP contribution in [0.5, 0.6) is 0 Å². The maximum atomic E-state index is 13.4. The van der Waals surface area contributed by atoms with Crippen molar-refractivity contribution in [1.29, 1.82) is 0 Å². The second-order valence-corrected chi connectivity index (χ2v) is 14.1. The van der Waals surface area contributed by atoms with Gasteiger partial charge in [-0.3, -0.25) is 19.2 Å². The first kappa shape index (κ1) is 43.5. The minimum Gasteiger partial charge on any atom is -0.478 e. The number of rotatable bonds is 12. The molecule has 0 amide bonds. The second-order valence-electron chi connectivity index (χ2n) is 14.1. The zero-order valence-electron chi connectivity index (χ0n) is 33.1. The molecule has 4 atom stereocenters. The number of carbonyl (C=O) groups is 6. The Morgan fingerprint density at radius 2 is 0.817 bits per heavy atom. The number of carboxylic acid groups (broad SMARTS) is 2. The fourth-order valence-electron chi connectivity index (χ4n) is 7.11. The van der Waals surface area contributed by atoms with Crippen molar-refractivity contribution >= 4 is 47.2 Å². The average Bonchev–Trinajstić information content (AvgIpc) is 3.26. The number of hydrogen-bond donors (Lipinski definition) is 2. The maximum Gasteiger partial charge on any atom is 0.335 e. The van der Waals surface area contributed by atoms with Gasteiger partial charge in [0.2, 0.25) is 0 Å². The van der Waals surface area contributed by atoms with E-state index in [4.69, 9.17) is 5.11 Å². The fraction of sp³-hybridized carbons (Fsp3) is 0.115. The number of benzene rings is 6. The van der Waals surface area contributed by atoms with Crippen LogP contribution in [-0.4, -0.2) is 45.3 Å². The third-order valence-electron chi connectivity index (χ3n) is 10.1. The van der Waals surface area contributed by atoms with Gasteiger partial charge in [0, 0.05) is 34.8 Å². The second kappa shape index (κ2) is 21.3. The van der Waals surface area contributed by atoms with Gasteiger partial charge in [-0.2, -0.15) is 0 Å². The van der Waals surface area contributed by atoms with Crippen molar-refractivity contribution in [2.24, 2.45) is 11.8 Å². The zero-order valence-corrected chi connectivity index (χ0v) is 33.1. The first-order valence-corrected chi connectivity index (χ1v) is 19.3. The van der Waals surface area contributed by atoms with Crippen molar-refractivity contribution in [2.75, 3.05) is 0 Å². The van der Waals surface area contributed by atoms with Gasteiger partial charge in [-0.1, -0.05) is 158 Å². The van der Waals surface area contributed by atoms with E-state index in [1.165, 1.54) is 32.1 Å². The van der Waals surface area contributed by atoms with Crippen molar-refractivity contribution in [3.05, 3.63) is 227 Å². The van der Waals surface area contributed by atoms with E-state index in [2.05, 4.69) is 0 Å². The van der Waals surface area contributed by atoms with Crippen LogP contribution in [0.2, 0.25) is 0 Å². The molecular formula is C52H44O8. The van der Waals surface area contributed by atoms with Crippen molar-refractivity contribution < 1.29 is 39.0 Å². The Labute approximate surface area is 349 Å². The Balaban J connectivity index is 0.000000191. The Morgan fingerprint density at radius 3 is 1.30 bits per heavy atom. The summed E-state index contributed by atoms with van der Waals surface area (Å²) in [4.78, 5) is 70.1. The molecule has 0 radical (unpaired) electrons. The Hall–Kier alpha value is -7.58. The molecule has 1 aliphatic rings. The van der Waals surface area contributed by atoms with Crippen LogP contribution >= 0.6 is 0 Å². The minimum atomic E-state index is -0.991. The molecule has 8 heteroatoms. The summed E-state index contributed by atoms with van der Waals surface area (Å²) < 4.78 is 0. The molecule has 6 aromatic carbocycles. The molecule has 0 aromatic heterocycles. The van der Waals surface area contributed by atoms with Crippen molar-refractivity contribution in [2.45, 2.75) is 25.7 Å². The maximum absolute atomic E-state index is 13.4. The highest BCUT2D eigenvalue weighted by atomic mass is 16.4. The van der Waals surface area contributed by atoms with E-state index in [-0.39, 0.29) is 46.1 Å². The molecule has 4 unspecified atom stereocenters. The Bertz CT molecular complexity index is 2460. The Morgan fingerprint density at radius 1 is 0.417 bits per heavy atom. The minimum absolute atomic E-state index is 0.0243. The highest BCUT2D eigenvalue weighted by Gasteiger charge is 2.56. The summed E-state index contributed by atoms with van der Waals surface area (Å²) in [5.41, 5.74) is 5.50. The van der Waals surface area contributed by atoms with E-state index in [0.29, 0.717) is 5.56 Å². The molecule has 1 aliphatic carbocycles. The molecule has 6 aromatic rings. The largest absolute Gasteiger partial charge is 0.478 e. The SMILES string of the molecule is CC(=O)/C=C/c1ccc(C(=O)O)cc1.CC(=O)C1C(C(=O)c2ccccc2)C(c2ccccc2)C1c1ccc(C(=O)O)cc1.O=C(/C=C/c1ccccc1)c1ccccc1. The van der Waals surface area contributed by atoms with Gasteiger partial charge in [0.1, 0.15) is 5.78 Å². The van der Waals surface area contributed by atoms with Crippen LogP contribution < -0.4 is 0 Å². The number of Topliss-reactive ketones (excluding diaryl/α,β-unsaturated/α-hetero) is 2. The van der Waals surface area contributed by atoms with Gasteiger partial charge in [-0.25, -0.2) is 9.59 Å². The van der Waals surface area contributed by atoms with Gasteiger partial charge in [0.25, 0.3) is 0 Å². The van der Waals surface area contributed by atoms with Crippen LogP contribution in [0.1, 0.15) is 89.4 Å². The highest BCUT2D eigenvalue weighted by molar-refractivity contribution is 6.06. The lowest BCUT2D eigenvalue weighted by Crippen LogP contribution is -2.50. The quantitative estimate of drug-likeness (QED) is 0.0920. The fourth-order valence-corrected chi connectivity index (χ4v) is 7.11. The van der Waals surface area contributed by atoms with Gasteiger partial charge in [0.05, 0.1) is 11.1 Å². The molecule has 0 saturated heterocycles. The zero-order chi connectivity index (χ0) is 43.0. The Kier molecular flexibility index (Phi) is 15.4. The van der Waals surface area contributed by atoms with E-state index in [1.807, 2.05) is 115 Å². The third-order valence-corrected chi connectivity index (χ3v) is 10.1. The van der Waals surface area contributed by atoms with Crippen molar-refractivity contribution in [1.82, 2.24) is 0 Å². The average molecular weight is 797 g/mol. The van der Waals surface area contributed by atoms with Crippen LogP contribution in [0, 0.1) is 11.8 Å². The molecule has 7 rings (SSSR count). The van der Waals surface area contributed by atoms with E-state index in [1.54, 1.807) is 60.7 Å². The molecule has 0 spiro atoms. The van der Waals surface area contributed by atoms with Crippen LogP contribution in [0.25, 0.3) is 12.2 Å². The van der Waals surface area contributed by atoms with Crippen molar-refractivity contribution in [3.8, 4) is 0 Å².